The molecule has 1 heterocycles. The van der Waals surface area contributed by atoms with Crippen LogP contribution in [0.1, 0.15) is 18.1 Å². The van der Waals surface area contributed by atoms with Crippen LogP contribution in [0, 0.1) is 13.8 Å². The number of sulfonamides is 1. The SMILES string of the molecule is Cc1ccc(C)c(N([C@@H](C)C(=O)Nc2cccnc2)S(C)(=O)=O)c1. The van der Waals surface area contributed by atoms with Crippen LogP contribution in [0.2, 0.25) is 0 Å². The number of aromatic nitrogens is 1. The molecular formula is C17H21N3O3S. The van der Waals surface area contributed by atoms with Crippen molar-refractivity contribution < 1.29 is 13.2 Å². The second-order valence-electron chi connectivity index (χ2n) is 5.76. The minimum Gasteiger partial charge on any atom is -0.323 e. The maximum absolute atomic E-state index is 12.5. The van der Waals surface area contributed by atoms with E-state index >= 15 is 0 Å². The molecule has 0 unspecified atom stereocenters. The quantitative estimate of drug-likeness (QED) is 0.901. The van der Waals surface area contributed by atoms with E-state index in [2.05, 4.69) is 10.3 Å². The zero-order valence-corrected chi connectivity index (χ0v) is 15.0. The lowest BCUT2D eigenvalue weighted by Crippen LogP contribution is -2.45. The zero-order valence-electron chi connectivity index (χ0n) is 14.1. The summed E-state index contributed by atoms with van der Waals surface area (Å²) < 4.78 is 25.8. The van der Waals surface area contributed by atoms with Crippen LogP contribution in [-0.4, -0.2) is 31.6 Å². The van der Waals surface area contributed by atoms with Gasteiger partial charge in [0.05, 0.1) is 23.8 Å². The van der Waals surface area contributed by atoms with Gasteiger partial charge in [-0.05, 0) is 50.1 Å². The lowest BCUT2D eigenvalue weighted by Gasteiger charge is -2.29. The van der Waals surface area contributed by atoms with Gasteiger partial charge in [-0.15, -0.1) is 0 Å². The highest BCUT2D eigenvalue weighted by molar-refractivity contribution is 7.92. The van der Waals surface area contributed by atoms with E-state index < -0.39 is 22.0 Å². The molecule has 2 aromatic rings. The van der Waals surface area contributed by atoms with Crippen molar-refractivity contribution in [1.82, 2.24) is 4.98 Å². The molecule has 0 saturated carbocycles. The highest BCUT2D eigenvalue weighted by Gasteiger charge is 2.30. The Morgan fingerprint density at radius 3 is 2.54 bits per heavy atom. The number of amides is 1. The molecule has 1 N–H and O–H groups in total. The van der Waals surface area contributed by atoms with E-state index in [0.717, 1.165) is 21.7 Å². The summed E-state index contributed by atoms with van der Waals surface area (Å²) in [5.74, 6) is -0.422. The van der Waals surface area contributed by atoms with E-state index in [1.807, 2.05) is 26.0 Å². The standard InChI is InChI=1S/C17H21N3O3S/c1-12-7-8-13(2)16(10-12)20(24(4,22)23)14(3)17(21)19-15-6-5-9-18-11-15/h5-11,14H,1-4H3,(H,19,21)/t14-/m0/s1. The lowest BCUT2D eigenvalue weighted by molar-refractivity contribution is -0.116. The van der Waals surface area contributed by atoms with Gasteiger partial charge >= 0.3 is 0 Å². The molecule has 0 aliphatic carbocycles. The number of pyridine rings is 1. The topological polar surface area (TPSA) is 79.4 Å². The first kappa shape index (κ1) is 17.9. The van der Waals surface area contributed by atoms with Crippen molar-refractivity contribution in [1.29, 1.82) is 0 Å². The van der Waals surface area contributed by atoms with Crippen LogP contribution >= 0.6 is 0 Å². The Hall–Kier alpha value is -2.41. The molecule has 1 amide bonds. The van der Waals surface area contributed by atoms with Crippen LogP contribution < -0.4 is 9.62 Å². The van der Waals surface area contributed by atoms with Gasteiger partial charge in [-0.3, -0.25) is 14.1 Å². The number of nitrogens with one attached hydrogen (secondary N) is 1. The fourth-order valence-electron chi connectivity index (χ4n) is 2.42. The number of rotatable bonds is 5. The first-order valence-corrected chi connectivity index (χ1v) is 9.32. The largest absolute Gasteiger partial charge is 0.323 e. The molecule has 24 heavy (non-hydrogen) atoms. The molecule has 7 heteroatoms. The van der Waals surface area contributed by atoms with Gasteiger partial charge in [0.15, 0.2) is 0 Å². The highest BCUT2D eigenvalue weighted by Crippen LogP contribution is 2.26. The first-order valence-electron chi connectivity index (χ1n) is 7.47. The minimum absolute atomic E-state index is 0.422. The van der Waals surface area contributed by atoms with Gasteiger partial charge in [-0.25, -0.2) is 8.42 Å². The van der Waals surface area contributed by atoms with Crippen molar-refractivity contribution >= 4 is 27.3 Å². The Kier molecular flexibility index (Phi) is 5.23. The van der Waals surface area contributed by atoms with Gasteiger partial charge in [-0.2, -0.15) is 0 Å². The molecular weight excluding hydrogens is 326 g/mol. The smallest absolute Gasteiger partial charge is 0.248 e. The number of carbonyl (C=O) groups is 1. The average Bonchev–Trinajstić information content (AvgIpc) is 2.50. The molecule has 0 bridgehead atoms. The number of anilines is 2. The van der Waals surface area contributed by atoms with Crippen LogP contribution in [0.5, 0.6) is 0 Å². The molecule has 0 saturated heterocycles. The summed E-state index contributed by atoms with van der Waals surface area (Å²) in [5, 5.41) is 2.69. The normalized spacial score (nSPS) is 12.5. The maximum atomic E-state index is 12.5. The molecule has 0 aliphatic rings. The average molecular weight is 347 g/mol. The molecule has 0 spiro atoms. The van der Waals surface area contributed by atoms with Crippen molar-refractivity contribution in [2.45, 2.75) is 26.8 Å². The van der Waals surface area contributed by atoms with Crippen molar-refractivity contribution in [2.24, 2.45) is 0 Å². The second kappa shape index (κ2) is 7.00. The fraction of sp³-hybridized carbons (Fsp3) is 0.294. The van der Waals surface area contributed by atoms with Gasteiger partial charge in [0, 0.05) is 6.20 Å². The van der Waals surface area contributed by atoms with Crippen molar-refractivity contribution in [3.8, 4) is 0 Å². The summed E-state index contributed by atoms with van der Waals surface area (Å²) >= 11 is 0. The summed E-state index contributed by atoms with van der Waals surface area (Å²) in [6.07, 6.45) is 4.20. The van der Waals surface area contributed by atoms with E-state index in [4.69, 9.17) is 0 Å². The van der Waals surface area contributed by atoms with Crippen molar-refractivity contribution in [3.05, 3.63) is 53.9 Å². The number of nitrogens with zero attached hydrogens (tertiary/aromatic N) is 2. The lowest BCUT2D eigenvalue weighted by atomic mass is 10.1. The molecule has 1 aromatic carbocycles. The van der Waals surface area contributed by atoms with E-state index in [0.29, 0.717) is 11.4 Å². The Balaban J connectivity index is 2.38. The van der Waals surface area contributed by atoms with Crippen LogP contribution in [-0.2, 0) is 14.8 Å². The summed E-state index contributed by atoms with van der Waals surface area (Å²) in [6.45, 7) is 5.26. The highest BCUT2D eigenvalue weighted by atomic mass is 32.2. The zero-order chi connectivity index (χ0) is 17.9. The minimum atomic E-state index is -3.64. The molecule has 128 valence electrons. The predicted octanol–water partition coefficient (Wildman–Crippen LogP) is 2.49. The third kappa shape index (κ3) is 4.11. The Morgan fingerprint density at radius 2 is 1.96 bits per heavy atom. The number of benzene rings is 1. The van der Waals surface area contributed by atoms with Gasteiger partial charge in [-0.1, -0.05) is 12.1 Å². The van der Waals surface area contributed by atoms with E-state index in [9.17, 15) is 13.2 Å². The summed E-state index contributed by atoms with van der Waals surface area (Å²) in [6, 6.07) is 8.00. The van der Waals surface area contributed by atoms with Gasteiger partial charge in [0.1, 0.15) is 6.04 Å². The summed E-state index contributed by atoms with van der Waals surface area (Å²) in [4.78, 5) is 16.5. The van der Waals surface area contributed by atoms with Crippen LogP contribution in [0.25, 0.3) is 0 Å². The number of hydrogen-bond acceptors (Lipinski definition) is 4. The molecule has 0 radical (unpaired) electrons. The van der Waals surface area contributed by atoms with E-state index in [1.165, 1.54) is 6.20 Å². The Bertz CT molecular complexity index is 835. The molecule has 0 fully saturated rings. The Morgan fingerprint density at radius 1 is 1.25 bits per heavy atom. The predicted molar refractivity (Wildman–Crippen MR) is 95.6 cm³/mol. The second-order valence-corrected chi connectivity index (χ2v) is 7.62. The maximum Gasteiger partial charge on any atom is 0.248 e. The summed E-state index contributed by atoms with van der Waals surface area (Å²) in [5.41, 5.74) is 2.73. The van der Waals surface area contributed by atoms with Crippen LogP contribution in [0.4, 0.5) is 11.4 Å². The molecule has 2 rings (SSSR count). The number of aryl methyl sites for hydroxylation is 2. The van der Waals surface area contributed by atoms with Gasteiger partial charge in [0.25, 0.3) is 0 Å². The molecule has 1 atom stereocenters. The van der Waals surface area contributed by atoms with Crippen molar-refractivity contribution in [3.63, 3.8) is 0 Å². The molecule has 0 aliphatic heterocycles. The fourth-order valence-corrected chi connectivity index (χ4v) is 3.65. The number of hydrogen-bond donors (Lipinski definition) is 1. The third-order valence-electron chi connectivity index (χ3n) is 3.62. The first-order chi connectivity index (χ1) is 11.2. The van der Waals surface area contributed by atoms with Crippen LogP contribution in [0.15, 0.2) is 42.7 Å². The third-order valence-corrected chi connectivity index (χ3v) is 4.85. The molecule has 1 aromatic heterocycles. The monoisotopic (exact) mass is 347 g/mol. The Labute approximate surface area is 142 Å². The van der Waals surface area contributed by atoms with Crippen LogP contribution in [0.3, 0.4) is 0 Å². The van der Waals surface area contributed by atoms with Gasteiger partial charge < -0.3 is 5.32 Å². The number of carbonyl (C=O) groups excluding carboxylic acids is 1. The molecule has 6 nitrogen and oxygen atoms in total. The van der Waals surface area contributed by atoms with Gasteiger partial charge in [0.2, 0.25) is 15.9 Å². The van der Waals surface area contributed by atoms with E-state index in [1.54, 1.807) is 31.3 Å². The summed E-state index contributed by atoms with van der Waals surface area (Å²) in [7, 11) is -3.64. The van der Waals surface area contributed by atoms with E-state index in [-0.39, 0.29) is 0 Å². The van der Waals surface area contributed by atoms with Crippen molar-refractivity contribution in [2.75, 3.05) is 15.9 Å².